The third kappa shape index (κ3) is 4.55. The Bertz CT molecular complexity index is 1800. The standard InChI is InChI=1S/C34H38N6O2/c1-23-7-5-6-8-31(23)40-32(26-18-35-39(19-26)28-21-42-22-28)17-29-30(20-37(4)34(41)33(29)40)24(2)25-9-11-27(12-10-25)38-15-13-36(3)14-16-38/h5-12,17-20,24,28H,13-16,21-22H2,1-4H3. The van der Waals surface area contributed by atoms with Crippen molar-refractivity contribution < 1.29 is 4.74 Å². The third-order valence-corrected chi connectivity index (χ3v) is 9.14. The molecule has 8 heteroatoms. The Kier molecular flexibility index (Phi) is 6.75. The predicted molar refractivity (Wildman–Crippen MR) is 168 cm³/mol. The first-order valence-electron chi connectivity index (χ1n) is 14.9. The molecule has 2 aliphatic rings. The monoisotopic (exact) mass is 562 g/mol. The van der Waals surface area contributed by atoms with Crippen LogP contribution < -0.4 is 10.5 Å². The van der Waals surface area contributed by atoms with Gasteiger partial charge in [0.05, 0.1) is 31.1 Å². The van der Waals surface area contributed by atoms with Crippen molar-refractivity contribution in [2.45, 2.75) is 25.8 Å². The smallest absolute Gasteiger partial charge is 0.275 e. The second kappa shape index (κ2) is 10.6. The fourth-order valence-electron chi connectivity index (χ4n) is 6.33. The van der Waals surface area contributed by atoms with Crippen LogP contribution in [0.2, 0.25) is 0 Å². The Morgan fingerprint density at radius 2 is 1.69 bits per heavy atom. The number of rotatable bonds is 6. The summed E-state index contributed by atoms with van der Waals surface area (Å²) >= 11 is 0. The van der Waals surface area contributed by atoms with Crippen LogP contribution in [0.15, 0.2) is 78.0 Å². The van der Waals surface area contributed by atoms with Crippen molar-refractivity contribution in [2.75, 3.05) is 51.3 Å². The highest BCUT2D eigenvalue weighted by Crippen LogP contribution is 2.37. The van der Waals surface area contributed by atoms with Gasteiger partial charge < -0.3 is 23.7 Å². The Balaban J connectivity index is 1.36. The SMILES string of the molecule is Cc1ccccc1-n1c(-c2cnn(C3COC3)c2)cc2c(C(C)c3ccc(N4CCN(C)CC4)cc3)cn(C)c(=O)c21. The minimum Gasteiger partial charge on any atom is -0.377 e. The van der Waals surface area contributed by atoms with Crippen molar-refractivity contribution in [3.05, 3.63) is 100 Å². The summed E-state index contributed by atoms with van der Waals surface area (Å²) in [7, 11) is 4.04. The summed E-state index contributed by atoms with van der Waals surface area (Å²) in [4.78, 5) is 18.7. The first-order valence-corrected chi connectivity index (χ1v) is 14.9. The van der Waals surface area contributed by atoms with Gasteiger partial charge in [-0.3, -0.25) is 9.48 Å². The van der Waals surface area contributed by atoms with Crippen molar-refractivity contribution in [2.24, 2.45) is 7.05 Å². The van der Waals surface area contributed by atoms with Gasteiger partial charge in [-0.15, -0.1) is 0 Å². The number of ether oxygens (including phenoxy) is 1. The van der Waals surface area contributed by atoms with Crippen LogP contribution in [0.5, 0.6) is 0 Å². The molecule has 0 aliphatic carbocycles. The molecule has 42 heavy (non-hydrogen) atoms. The second-order valence-electron chi connectivity index (χ2n) is 11.9. The average Bonchev–Trinajstić information content (AvgIpc) is 3.60. The molecule has 8 nitrogen and oxygen atoms in total. The molecule has 1 atom stereocenters. The van der Waals surface area contributed by atoms with E-state index in [9.17, 15) is 4.79 Å². The van der Waals surface area contributed by atoms with E-state index in [-0.39, 0.29) is 17.5 Å². The maximum Gasteiger partial charge on any atom is 0.275 e. The largest absolute Gasteiger partial charge is 0.377 e. The molecule has 7 rings (SSSR count). The Morgan fingerprint density at radius 3 is 2.38 bits per heavy atom. The first-order chi connectivity index (χ1) is 20.4. The number of piperazine rings is 1. The summed E-state index contributed by atoms with van der Waals surface area (Å²) in [5.41, 5.74) is 8.37. The van der Waals surface area contributed by atoms with Gasteiger partial charge in [-0.1, -0.05) is 37.3 Å². The van der Waals surface area contributed by atoms with E-state index >= 15 is 0 Å². The highest BCUT2D eigenvalue weighted by atomic mass is 16.5. The van der Waals surface area contributed by atoms with Crippen molar-refractivity contribution in [1.29, 1.82) is 0 Å². The van der Waals surface area contributed by atoms with Gasteiger partial charge in [-0.25, -0.2) is 0 Å². The van der Waals surface area contributed by atoms with Gasteiger partial charge in [0.25, 0.3) is 5.56 Å². The molecule has 0 saturated carbocycles. The molecule has 2 aliphatic heterocycles. The lowest BCUT2D eigenvalue weighted by atomic mass is 9.91. The quantitative estimate of drug-likeness (QED) is 0.292. The molecule has 0 amide bonds. The van der Waals surface area contributed by atoms with Gasteiger partial charge in [0.1, 0.15) is 5.52 Å². The molecule has 1 unspecified atom stereocenters. The van der Waals surface area contributed by atoms with Crippen LogP contribution in [0, 0.1) is 6.92 Å². The van der Waals surface area contributed by atoms with E-state index in [1.54, 1.807) is 4.57 Å². The molecular weight excluding hydrogens is 524 g/mol. The normalized spacial score (nSPS) is 17.1. The predicted octanol–water partition coefficient (Wildman–Crippen LogP) is 4.98. The van der Waals surface area contributed by atoms with Gasteiger partial charge in [0.15, 0.2) is 0 Å². The van der Waals surface area contributed by atoms with Crippen molar-refractivity contribution in [3.63, 3.8) is 0 Å². The lowest BCUT2D eigenvalue weighted by Crippen LogP contribution is -2.44. The fraction of sp³-hybridized carbons (Fsp3) is 0.353. The third-order valence-electron chi connectivity index (χ3n) is 9.14. The van der Waals surface area contributed by atoms with Gasteiger partial charge in [-0.05, 0) is 54.9 Å². The minimum atomic E-state index is -0.0133. The molecule has 3 aromatic heterocycles. The number of anilines is 1. The number of aryl methyl sites for hydroxylation is 2. The Labute approximate surface area is 246 Å². The van der Waals surface area contributed by atoms with Crippen LogP contribution in [-0.4, -0.2) is 70.3 Å². The number of nitrogens with zero attached hydrogens (tertiary/aromatic N) is 6. The zero-order valence-corrected chi connectivity index (χ0v) is 24.8. The van der Waals surface area contributed by atoms with E-state index in [1.807, 2.05) is 36.3 Å². The zero-order chi connectivity index (χ0) is 29.0. The summed E-state index contributed by atoms with van der Waals surface area (Å²) in [5.74, 6) is 0.0938. The maximum absolute atomic E-state index is 13.9. The highest BCUT2D eigenvalue weighted by molar-refractivity contribution is 5.91. The highest BCUT2D eigenvalue weighted by Gasteiger charge is 2.26. The summed E-state index contributed by atoms with van der Waals surface area (Å²) in [6.45, 7) is 9.96. The molecular formula is C34H38N6O2. The zero-order valence-electron chi connectivity index (χ0n) is 24.8. The van der Waals surface area contributed by atoms with Crippen LogP contribution >= 0.6 is 0 Å². The van der Waals surface area contributed by atoms with Gasteiger partial charge in [0, 0.05) is 73.9 Å². The number of aromatic nitrogens is 4. The van der Waals surface area contributed by atoms with E-state index in [0.29, 0.717) is 18.7 Å². The van der Waals surface area contributed by atoms with Crippen molar-refractivity contribution in [3.8, 4) is 16.9 Å². The van der Waals surface area contributed by atoms with Gasteiger partial charge >= 0.3 is 0 Å². The van der Waals surface area contributed by atoms with E-state index < -0.39 is 0 Å². The molecule has 0 spiro atoms. The molecule has 0 bridgehead atoms. The van der Waals surface area contributed by atoms with Crippen LogP contribution in [0.25, 0.3) is 27.8 Å². The molecule has 216 valence electrons. The number of likely N-dealkylation sites (N-methyl/N-ethyl adjacent to an activating group) is 1. The number of para-hydroxylation sites is 1. The van der Waals surface area contributed by atoms with Crippen LogP contribution in [0.4, 0.5) is 5.69 Å². The van der Waals surface area contributed by atoms with Gasteiger partial charge in [0.2, 0.25) is 0 Å². The fourth-order valence-corrected chi connectivity index (χ4v) is 6.33. The summed E-state index contributed by atoms with van der Waals surface area (Å²) in [5, 5.41) is 5.65. The molecule has 2 fully saturated rings. The van der Waals surface area contributed by atoms with E-state index in [0.717, 1.165) is 59.6 Å². The molecule has 2 saturated heterocycles. The van der Waals surface area contributed by atoms with Crippen LogP contribution in [-0.2, 0) is 11.8 Å². The summed E-state index contributed by atoms with van der Waals surface area (Å²) in [6.07, 6.45) is 6.01. The second-order valence-corrected chi connectivity index (χ2v) is 11.9. The average molecular weight is 563 g/mol. The molecule has 0 N–H and O–H groups in total. The molecule has 5 heterocycles. The minimum absolute atomic E-state index is 0.0133. The number of hydrogen-bond donors (Lipinski definition) is 0. The lowest BCUT2D eigenvalue weighted by Gasteiger charge is -2.34. The molecule has 5 aromatic rings. The van der Waals surface area contributed by atoms with E-state index in [1.165, 1.54) is 11.3 Å². The van der Waals surface area contributed by atoms with Crippen LogP contribution in [0.1, 0.15) is 35.6 Å². The van der Waals surface area contributed by atoms with Crippen molar-refractivity contribution in [1.82, 2.24) is 23.8 Å². The first kappa shape index (κ1) is 26.7. The van der Waals surface area contributed by atoms with E-state index in [4.69, 9.17) is 4.74 Å². The van der Waals surface area contributed by atoms with Gasteiger partial charge in [-0.2, -0.15) is 5.10 Å². The maximum atomic E-state index is 13.9. The van der Waals surface area contributed by atoms with E-state index in [2.05, 4.69) is 89.0 Å². The number of hydrogen-bond acceptors (Lipinski definition) is 5. The number of benzene rings is 2. The summed E-state index contributed by atoms with van der Waals surface area (Å²) in [6, 6.07) is 19.7. The Morgan fingerprint density at radius 1 is 0.952 bits per heavy atom. The Hall–Kier alpha value is -4.14. The van der Waals surface area contributed by atoms with Crippen LogP contribution in [0.3, 0.4) is 0 Å². The topological polar surface area (TPSA) is 60.5 Å². The summed E-state index contributed by atoms with van der Waals surface area (Å²) < 4.78 is 11.3. The number of pyridine rings is 1. The lowest BCUT2D eigenvalue weighted by molar-refractivity contribution is -0.0286. The molecule has 0 radical (unpaired) electrons. The molecule has 2 aromatic carbocycles. The van der Waals surface area contributed by atoms with Crippen molar-refractivity contribution >= 4 is 16.6 Å². The number of fused-ring (bicyclic) bond motifs is 1.